The van der Waals surface area contributed by atoms with Crippen LogP contribution in [-0.2, 0) is 6.42 Å². The van der Waals surface area contributed by atoms with Crippen molar-refractivity contribution in [3.63, 3.8) is 0 Å². The largest absolute Gasteiger partial charge is 0.504 e. The van der Waals surface area contributed by atoms with E-state index < -0.39 is 18.3 Å². The molecule has 9 atom stereocenters. The molecule has 0 amide bonds. The summed E-state index contributed by atoms with van der Waals surface area (Å²) in [5.41, 5.74) is 9.14. The zero-order valence-electron chi connectivity index (χ0n) is 27.4. The van der Waals surface area contributed by atoms with Crippen LogP contribution in [0.4, 0.5) is 0 Å². The first-order valence-electron chi connectivity index (χ1n) is 17.5. The Balaban J connectivity index is 1.23. The van der Waals surface area contributed by atoms with Crippen molar-refractivity contribution in [3.05, 3.63) is 83.5 Å². The normalized spacial score (nSPS) is 31.6. The molecule has 2 heterocycles. The van der Waals surface area contributed by atoms with Crippen LogP contribution in [0.15, 0.2) is 72.2 Å². The second-order valence-electron chi connectivity index (χ2n) is 14.1. The van der Waals surface area contributed by atoms with Gasteiger partial charge >= 0.3 is 0 Å². The van der Waals surface area contributed by atoms with Crippen molar-refractivity contribution in [1.82, 2.24) is 10.3 Å². The van der Waals surface area contributed by atoms with Crippen LogP contribution in [0.5, 0.6) is 11.5 Å². The molecule has 1 aromatic heterocycles. The van der Waals surface area contributed by atoms with Gasteiger partial charge in [0.1, 0.15) is 6.10 Å². The highest BCUT2D eigenvalue weighted by Crippen LogP contribution is 2.46. The van der Waals surface area contributed by atoms with Crippen LogP contribution in [0.2, 0.25) is 0 Å². The molecule has 0 spiro atoms. The average molecular weight is 642 g/mol. The number of aliphatic hydroxyl groups excluding tert-OH is 3. The van der Waals surface area contributed by atoms with E-state index in [4.69, 9.17) is 10.5 Å². The van der Waals surface area contributed by atoms with Gasteiger partial charge in [-0.05, 0) is 105 Å². The van der Waals surface area contributed by atoms with E-state index in [0.29, 0.717) is 31.0 Å². The van der Waals surface area contributed by atoms with Crippen LogP contribution < -0.4 is 15.8 Å². The lowest BCUT2D eigenvalue weighted by Gasteiger charge is -2.34. The Kier molecular flexibility index (Phi) is 10.4. The zero-order valence-corrected chi connectivity index (χ0v) is 27.4. The van der Waals surface area contributed by atoms with Gasteiger partial charge in [-0.2, -0.15) is 0 Å². The number of dihydropyridines is 1. The van der Waals surface area contributed by atoms with Crippen molar-refractivity contribution in [3.8, 4) is 23.3 Å². The minimum Gasteiger partial charge on any atom is -0.504 e. The molecule has 0 saturated heterocycles. The number of phenolic OH excluding ortho intramolecular Hbond substituents is 1. The number of aliphatic hydroxyl groups is 3. The van der Waals surface area contributed by atoms with Crippen molar-refractivity contribution in [2.24, 2.45) is 34.8 Å². The van der Waals surface area contributed by atoms with Crippen LogP contribution in [0, 0.1) is 40.9 Å². The van der Waals surface area contributed by atoms with Gasteiger partial charge in [0.25, 0.3) is 0 Å². The van der Waals surface area contributed by atoms with Crippen molar-refractivity contribution in [1.29, 1.82) is 0 Å². The maximum absolute atomic E-state index is 11.7. The third-order valence-electron chi connectivity index (χ3n) is 11.2. The Bertz CT molecular complexity index is 1520. The summed E-state index contributed by atoms with van der Waals surface area (Å²) in [5, 5.41) is 47.7. The van der Waals surface area contributed by atoms with E-state index in [1.807, 2.05) is 36.5 Å². The molecule has 8 N–H and O–H groups in total. The van der Waals surface area contributed by atoms with Gasteiger partial charge in [-0.15, -0.1) is 0 Å². The van der Waals surface area contributed by atoms with Gasteiger partial charge < -0.3 is 41.2 Å². The van der Waals surface area contributed by atoms with E-state index in [1.165, 1.54) is 0 Å². The molecule has 252 valence electrons. The summed E-state index contributed by atoms with van der Waals surface area (Å²) >= 11 is 0. The first-order valence-corrected chi connectivity index (χ1v) is 17.5. The number of H-pyrrole nitrogens is 1. The maximum Gasteiger partial charge on any atom is 0.161 e. The third kappa shape index (κ3) is 7.59. The topological polar surface area (TPSA) is 144 Å². The van der Waals surface area contributed by atoms with Gasteiger partial charge in [0.15, 0.2) is 11.5 Å². The van der Waals surface area contributed by atoms with Crippen LogP contribution in [0.1, 0.15) is 75.5 Å². The SMILES string of the molecule is CCC12C#CC3C=CC(c4ccc(O)c(OC(CO)CC(Cc5ccc[nH]5)C5=CCNC(N)=C5)c4)CC(O)C3C(O)C(CCC1)CC2. The van der Waals surface area contributed by atoms with Crippen molar-refractivity contribution < 1.29 is 25.2 Å². The summed E-state index contributed by atoms with van der Waals surface area (Å²) in [4.78, 5) is 3.28. The summed E-state index contributed by atoms with van der Waals surface area (Å²) in [6.07, 6.45) is 16.0. The summed E-state index contributed by atoms with van der Waals surface area (Å²) in [6.45, 7) is 2.63. The molecule has 2 bridgehead atoms. The average Bonchev–Trinajstić information content (AvgIpc) is 3.43. The number of aromatic amines is 1. The highest BCUT2D eigenvalue weighted by molar-refractivity contribution is 5.44. The number of nitrogens with two attached hydrogens (primary N) is 1. The summed E-state index contributed by atoms with van der Waals surface area (Å²) in [6, 6.07) is 9.31. The van der Waals surface area contributed by atoms with Gasteiger partial charge in [0, 0.05) is 41.6 Å². The Morgan fingerprint density at radius 3 is 2.79 bits per heavy atom. The molecule has 2 aromatic rings. The third-order valence-corrected chi connectivity index (χ3v) is 11.2. The number of allylic oxidation sites excluding steroid dienone is 4. The number of hydrogen-bond donors (Lipinski definition) is 7. The van der Waals surface area contributed by atoms with E-state index in [9.17, 15) is 20.4 Å². The fourth-order valence-electron chi connectivity index (χ4n) is 8.31. The number of aromatic nitrogens is 1. The second kappa shape index (κ2) is 14.6. The van der Waals surface area contributed by atoms with Crippen molar-refractivity contribution in [2.45, 2.75) is 88.9 Å². The summed E-state index contributed by atoms with van der Waals surface area (Å²) < 4.78 is 6.33. The molecule has 9 unspecified atom stereocenters. The highest BCUT2D eigenvalue weighted by atomic mass is 16.5. The van der Waals surface area contributed by atoms with Crippen LogP contribution in [0.3, 0.4) is 0 Å². The lowest BCUT2D eigenvalue weighted by Crippen LogP contribution is -2.40. The maximum atomic E-state index is 11.7. The Hall–Kier alpha value is -3.64. The molecule has 1 aromatic carbocycles. The Labute approximate surface area is 278 Å². The molecule has 8 heteroatoms. The Morgan fingerprint density at radius 1 is 1.15 bits per heavy atom. The number of hydrogen-bond acceptors (Lipinski definition) is 7. The number of ether oxygens (including phenoxy) is 1. The van der Waals surface area contributed by atoms with E-state index >= 15 is 0 Å². The van der Waals surface area contributed by atoms with Crippen LogP contribution in [0.25, 0.3) is 0 Å². The molecule has 3 aliphatic carbocycles. The molecule has 6 rings (SSSR count). The molecular weight excluding hydrogens is 590 g/mol. The van der Waals surface area contributed by atoms with Gasteiger partial charge in [0.2, 0.25) is 0 Å². The zero-order chi connectivity index (χ0) is 33.0. The quantitative estimate of drug-likeness (QED) is 0.142. The van der Waals surface area contributed by atoms with E-state index in [2.05, 4.69) is 47.3 Å². The molecule has 47 heavy (non-hydrogen) atoms. The molecule has 4 aliphatic rings. The van der Waals surface area contributed by atoms with Crippen LogP contribution in [-0.4, -0.2) is 56.9 Å². The molecule has 1 fully saturated rings. The van der Waals surface area contributed by atoms with E-state index in [1.54, 1.807) is 6.07 Å². The molecule has 1 aliphatic heterocycles. The van der Waals surface area contributed by atoms with Crippen LogP contribution >= 0.6 is 0 Å². The minimum absolute atomic E-state index is 0.00589. The fourth-order valence-corrected chi connectivity index (χ4v) is 8.31. The predicted octanol–water partition coefficient (Wildman–Crippen LogP) is 5.03. The standard InChI is InChI=1S/C39H51N3O5/c1-2-39-14-3-5-26(12-16-39)38(46)37-25(11-15-39)7-8-27(21-34(37)45)28-9-10-33(44)35(22-28)47-32(24-43)20-30(19-31-6-4-17-41-31)29-13-18-42-36(40)23-29/h4,6-10,13,17,22-23,25-27,30,32,34,37-38,41-46H,2-3,5,12,14,16,18-21,24,40H2,1H3. The number of benzene rings is 1. The highest BCUT2D eigenvalue weighted by Gasteiger charge is 2.42. The monoisotopic (exact) mass is 641 g/mol. The van der Waals surface area contributed by atoms with Crippen molar-refractivity contribution in [2.75, 3.05) is 13.2 Å². The van der Waals surface area contributed by atoms with E-state index in [0.717, 1.165) is 61.8 Å². The first-order chi connectivity index (χ1) is 22.8. The lowest BCUT2D eigenvalue weighted by atomic mass is 9.76. The predicted molar refractivity (Wildman–Crippen MR) is 183 cm³/mol. The van der Waals surface area contributed by atoms with Crippen molar-refractivity contribution >= 4 is 0 Å². The summed E-state index contributed by atoms with van der Waals surface area (Å²) in [5.74, 6) is 7.53. The summed E-state index contributed by atoms with van der Waals surface area (Å²) in [7, 11) is 0. The number of phenols is 1. The minimum atomic E-state index is -0.740. The number of nitrogens with one attached hydrogen (secondary N) is 2. The molecule has 0 radical (unpaired) electrons. The molecule has 1 saturated carbocycles. The fraction of sp³-hybridized carbons (Fsp3) is 0.538. The smallest absolute Gasteiger partial charge is 0.161 e. The van der Waals surface area contributed by atoms with Gasteiger partial charge in [-0.3, -0.25) is 0 Å². The number of fused-ring (bicyclic) bond motifs is 4. The first kappa shape index (κ1) is 33.3. The molecule has 8 nitrogen and oxygen atoms in total. The number of rotatable bonds is 10. The Morgan fingerprint density at radius 2 is 2.02 bits per heavy atom. The van der Waals surface area contributed by atoms with Gasteiger partial charge in [-0.25, -0.2) is 0 Å². The van der Waals surface area contributed by atoms with E-state index in [-0.39, 0.29) is 47.4 Å². The number of aromatic hydroxyl groups is 1. The second-order valence-corrected chi connectivity index (χ2v) is 14.1. The van der Waals surface area contributed by atoms with Gasteiger partial charge in [0.05, 0.1) is 24.6 Å². The van der Waals surface area contributed by atoms with Gasteiger partial charge in [-0.1, -0.05) is 49.5 Å². The molecular formula is C39H51N3O5. The lowest BCUT2D eigenvalue weighted by molar-refractivity contribution is -0.0344.